The molecule has 1 aliphatic rings. The highest BCUT2D eigenvalue weighted by atomic mass is 16.7. The lowest BCUT2D eigenvalue weighted by atomic mass is 10.3. The second-order valence-corrected chi connectivity index (χ2v) is 3.25. The maximum atomic E-state index is 11.4. The number of cyclic esters (lactones) is 1. The van der Waals surface area contributed by atoms with Crippen LogP contribution in [0, 0.1) is 10.1 Å². The molecule has 1 fully saturated rings. The Morgan fingerprint density at radius 2 is 2.29 bits per heavy atom. The third-order valence-corrected chi connectivity index (χ3v) is 2.11. The summed E-state index contributed by atoms with van der Waals surface area (Å²) in [5.41, 5.74) is 0. The van der Waals surface area contributed by atoms with Crippen molar-refractivity contribution in [3.63, 3.8) is 0 Å². The van der Waals surface area contributed by atoms with Gasteiger partial charge in [0.25, 0.3) is 0 Å². The largest absolute Gasteiger partial charge is 0.463 e. The molecule has 0 saturated carbocycles. The fourth-order valence-electron chi connectivity index (χ4n) is 1.31. The van der Waals surface area contributed by atoms with E-state index in [0.29, 0.717) is 0 Å². The molecule has 17 heavy (non-hydrogen) atoms. The molecule has 8 heteroatoms. The fraction of sp³-hybridized carbons (Fsp3) is 0.333. The lowest BCUT2D eigenvalue weighted by Gasteiger charge is -2.05. The van der Waals surface area contributed by atoms with Gasteiger partial charge in [0.2, 0.25) is 11.9 Å². The molecule has 1 aliphatic heterocycles. The molecule has 2 rings (SSSR count). The van der Waals surface area contributed by atoms with Gasteiger partial charge >= 0.3 is 17.8 Å². The highest BCUT2D eigenvalue weighted by molar-refractivity contribution is 5.89. The van der Waals surface area contributed by atoms with Gasteiger partial charge in [-0.25, -0.2) is 9.59 Å². The Labute approximate surface area is 94.2 Å². The van der Waals surface area contributed by atoms with E-state index in [1.54, 1.807) is 0 Å². The number of hydrogen-bond acceptors (Lipinski definition) is 7. The van der Waals surface area contributed by atoms with Crippen LogP contribution in [-0.2, 0) is 14.3 Å². The summed E-state index contributed by atoms with van der Waals surface area (Å²) < 4.78 is 14.0. The molecule has 0 aliphatic carbocycles. The fourth-order valence-corrected chi connectivity index (χ4v) is 1.31. The van der Waals surface area contributed by atoms with Gasteiger partial charge in [-0.15, -0.1) is 0 Å². The molecule has 1 atom stereocenters. The van der Waals surface area contributed by atoms with Crippen LogP contribution in [0.15, 0.2) is 16.5 Å². The van der Waals surface area contributed by atoms with Crippen molar-refractivity contribution in [2.75, 3.05) is 6.61 Å². The Kier molecular flexibility index (Phi) is 2.77. The first-order valence-electron chi connectivity index (χ1n) is 4.70. The van der Waals surface area contributed by atoms with Gasteiger partial charge < -0.3 is 13.9 Å². The van der Waals surface area contributed by atoms with Crippen LogP contribution >= 0.6 is 0 Å². The predicted molar refractivity (Wildman–Crippen MR) is 50.1 cm³/mol. The number of furan rings is 1. The second-order valence-electron chi connectivity index (χ2n) is 3.25. The molecule has 8 nitrogen and oxygen atoms in total. The average Bonchev–Trinajstić information content (AvgIpc) is 2.88. The molecule has 90 valence electrons. The van der Waals surface area contributed by atoms with Crippen molar-refractivity contribution in [3.05, 3.63) is 28.0 Å². The molecule has 0 radical (unpaired) electrons. The summed E-state index contributed by atoms with van der Waals surface area (Å²) in [4.78, 5) is 32.0. The van der Waals surface area contributed by atoms with Gasteiger partial charge in [-0.2, -0.15) is 0 Å². The molecule has 1 aromatic heterocycles. The average molecular weight is 241 g/mol. The predicted octanol–water partition coefficient (Wildman–Crippen LogP) is 0.660. The first-order chi connectivity index (χ1) is 8.08. The van der Waals surface area contributed by atoms with E-state index in [9.17, 15) is 19.7 Å². The molecule has 0 bridgehead atoms. The standard InChI is InChI=1S/C9H7NO7/c11-8-6(3-4-15-8)17-9(12)5-1-2-7(16-5)10(13)14/h1-2,6H,3-4H2. The first-order valence-corrected chi connectivity index (χ1v) is 4.70. The third kappa shape index (κ3) is 2.25. The number of hydrogen-bond donors (Lipinski definition) is 0. The highest BCUT2D eigenvalue weighted by Gasteiger charge is 2.31. The number of rotatable bonds is 3. The summed E-state index contributed by atoms with van der Waals surface area (Å²) in [5, 5.41) is 10.3. The zero-order valence-electron chi connectivity index (χ0n) is 8.45. The molecular weight excluding hydrogens is 234 g/mol. The van der Waals surface area contributed by atoms with Gasteiger partial charge in [0, 0.05) is 6.42 Å². The monoisotopic (exact) mass is 241 g/mol. The van der Waals surface area contributed by atoms with Crippen LogP contribution in [0.3, 0.4) is 0 Å². The molecule has 0 amide bonds. The van der Waals surface area contributed by atoms with Crippen molar-refractivity contribution in [1.29, 1.82) is 0 Å². The summed E-state index contributed by atoms with van der Waals surface area (Å²) in [7, 11) is 0. The number of esters is 2. The highest BCUT2D eigenvalue weighted by Crippen LogP contribution is 2.18. The van der Waals surface area contributed by atoms with E-state index in [1.165, 1.54) is 0 Å². The van der Waals surface area contributed by atoms with E-state index in [-0.39, 0.29) is 18.8 Å². The second kappa shape index (κ2) is 4.24. The lowest BCUT2D eigenvalue weighted by Crippen LogP contribution is -2.22. The van der Waals surface area contributed by atoms with Gasteiger partial charge in [0.15, 0.2) is 0 Å². The van der Waals surface area contributed by atoms with Crippen LogP contribution in [0.1, 0.15) is 17.0 Å². The van der Waals surface area contributed by atoms with Gasteiger partial charge in [-0.1, -0.05) is 0 Å². The van der Waals surface area contributed by atoms with Crippen molar-refractivity contribution in [3.8, 4) is 0 Å². The Balaban J connectivity index is 2.04. The van der Waals surface area contributed by atoms with Gasteiger partial charge in [0.05, 0.1) is 12.7 Å². The van der Waals surface area contributed by atoms with E-state index in [2.05, 4.69) is 9.15 Å². The zero-order valence-corrected chi connectivity index (χ0v) is 8.45. The normalized spacial score (nSPS) is 18.8. The molecule has 1 aromatic rings. The van der Waals surface area contributed by atoms with E-state index in [4.69, 9.17) is 4.74 Å². The smallest absolute Gasteiger partial charge is 0.433 e. The molecule has 2 heterocycles. The third-order valence-electron chi connectivity index (χ3n) is 2.11. The van der Waals surface area contributed by atoms with Crippen LogP contribution in [-0.4, -0.2) is 29.6 Å². The topological polar surface area (TPSA) is 109 Å². The van der Waals surface area contributed by atoms with Crippen LogP contribution in [0.25, 0.3) is 0 Å². The molecule has 0 spiro atoms. The van der Waals surface area contributed by atoms with Gasteiger partial charge in [-0.3, -0.25) is 10.1 Å². The van der Waals surface area contributed by atoms with Crippen molar-refractivity contribution in [2.45, 2.75) is 12.5 Å². The molecule has 1 saturated heterocycles. The zero-order chi connectivity index (χ0) is 12.4. The minimum absolute atomic E-state index is 0.190. The summed E-state index contributed by atoms with van der Waals surface area (Å²) in [5.74, 6) is -2.44. The summed E-state index contributed by atoms with van der Waals surface area (Å²) in [6.45, 7) is 0.190. The maximum Gasteiger partial charge on any atom is 0.433 e. The minimum atomic E-state index is -0.966. The summed E-state index contributed by atoms with van der Waals surface area (Å²) in [6, 6.07) is 2.14. The maximum absolute atomic E-state index is 11.4. The van der Waals surface area contributed by atoms with Crippen LogP contribution in [0.5, 0.6) is 0 Å². The molecule has 0 aromatic carbocycles. The Hall–Kier alpha value is -2.38. The van der Waals surface area contributed by atoms with Crippen molar-refractivity contribution < 1.29 is 28.4 Å². The number of nitro groups is 1. The lowest BCUT2D eigenvalue weighted by molar-refractivity contribution is -0.402. The van der Waals surface area contributed by atoms with Crippen molar-refractivity contribution in [2.24, 2.45) is 0 Å². The Morgan fingerprint density at radius 3 is 2.82 bits per heavy atom. The number of nitrogens with zero attached hydrogens (tertiary/aromatic N) is 1. The van der Waals surface area contributed by atoms with Gasteiger partial charge in [-0.05, 0) is 6.07 Å². The van der Waals surface area contributed by atoms with E-state index in [1.807, 2.05) is 0 Å². The summed E-state index contributed by atoms with van der Waals surface area (Å²) in [6.07, 6.45) is -0.695. The number of ether oxygens (including phenoxy) is 2. The van der Waals surface area contributed by atoms with E-state index >= 15 is 0 Å². The van der Waals surface area contributed by atoms with Gasteiger partial charge in [0.1, 0.15) is 4.92 Å². The van der Waals surface area contributed by atoms with Crippen molar-refractivity contribution >= 4 is 17.8 Å². The van der Waals surface area contributed by atoms with Crippen LogP contribution in [0.4, 0.5) is 5.88 Å². The van der Waals surface area contributed by atoms with E-state index in [0.717, 1.165) is 12.1 Å². The first kappa shape index (κ1) is 11.1. The van der Waals surface area contributed by atoms with Crippen LogP contribution in [0.2, 0.25) is 0 Å². The number of carbonyl (C=O) groups excluding carboxylic acids is 2. The quantitative estimate of drug-likeness (QED) is 0.434. The summed E-state index contributed by atoms with van der Waals surface area (Å²) >= 11 is 0. The SMILES string of the molecule is O=C(OC1CCOC1=O)c1ccc([N+](=O)[O-])o1. The Morgan fingerprint density at radius 1 is 1.53 bits per heavy atom. The minimum Gasteiger partial charge on any atom is -0.463 e. The van der Waals surface area contributed by atoms with E-state index < -0.39 is 28.9 Å². The molecule has 1 unspecified atom stereocenters. The molecular formula is C9H7NO7. The number of carbonyl (C=O) groups is 2. The van der Waals surface area contributed by atoms with Crippen molar-refractivity contribution in [1.82, 2.24) is 0 Å². The van der Waals surface area contributed by atoms with Crippen LogP contribution < -0.4 is 0 Å². The molecule has 0 N–H and O–H groups in total. The Bertz CT molecular complexity index is 477.